The first-order valence-electron chi connectivity index (χ1n) is 4.38. The molecule has 1 saturated heterocycles. The van der Waals surface area contributed by atoms with Crippen molar-refractivity contribution in [2.24, 2.45) is 0 Å². The molecule has 0 saturated carbocycles. The highest BCUT2D eigenvalue weighted by Crippen LogP contribution is 2.10. The lowest BCUT2D eigenvalue weighted by atomic mass is 10.2. The zero-order chi connectivity index (χ0) is 8.27. The van der Waals surface area contributed by atoms with Gasteiger partial charge in [0, 0.05) is 34.4 Å². The molecule has 3 atom stereocenters. The molecular weight excluding hydrogens is 158 g/mol. The zero-order valence-corrected chi connectivity index (χ0v) is 8.12. The number of rotatable bonds is 2. The van der Waals surface area contributed by atoms with Gasteiger partial charge in [-0.2, -0.15) is 0 Å². The number of nitrogens with one attached hydrogen (secondary N) is 1. The first-order valence-corrected chi connectivity index (χ1v) is 5.76. The largest absolute Gasteiger partial charge is 0.312 e. The summed E-state index contributed by atoms with van der Waals surface area (Å²) in [6.45, 7) is 5.19. The zero-order valence-electron chi connectivity index (χ0n) is 7.30. The summed E-state index contributed by atoms with van der Waals surface area (Å²) >= 11 is 0. The van der Waals surface area contributed by atoms with Crippen molar-refractivity contribution < 1.29 is 4.21 Å². The normalized spacial score (nSPS) is 38.9. The van der Waals surface area contributed by atoms with Crippen LogP contribution in [0.3, 0.4) is 0 Å². The van der Waals surface area contributed by atoms with Crippen molar-refractivity contribution >= 4 is 10.8 Å². The third-order valence-corrected chi connectivity index (χ3v) is 4.29. The van der Waals surface area contributed by atoms with Gasteiger partial charge in [-0.05, 0) is 12.8 Å². The van der Waals surface area contributed by atoms with Crippen LogP contribution in [0.1, 0.15) is 26.7 Å². The van der Waals surface area contributed by atoms with E-state index in [9.17, 15) is 4.21 Å². The van der Waals surface area contributed by atoms with Crippen LogP contribution in [0.15, 0.2) is 0 Å². The van der Waals surface area contributed by atoms with Gasteiger partial charge in [-0.1, -0.05) is 13.8 Å². The van der Waals surface area contributed by atoms with E-state index in [1.54, 1.807) is 0 Å². The lowest BCUT2D eigenvalue weighted by Gasteiger charge is -2.27. The van der Waals surface area contributed by atoms with Gasteiger partial charge in [-0.25, -0.2) is 0 Å². The average molecular weight is 175 g/mol. The summed E-state index contributed by atoms with van der Waals surface area (Å²) in [5.41, 5.74) is 0. The highest BCUT2D eigenvalue weighted by molar-refractivity contribution is 7.85. The standard InChI is InChI=1S/C8H17NOS/c1-3-7-6-11(10)8(4-2)5-9-7/h7-9H,3-6H2,1-2H3. The molecule has 0 aromatic heterocycles. The Morgan fingerprint density at radius 1 is 1.45 bits per heavy atom. The van der Waals surface area contributed by atoms with Crippen molar-refractivity contribution in [3.05, 3.63) is 0 Å². The monoisotopic (exact) mass is 175 g/mol. The average Bonchev–Trinajstić information content (AvgIpc) is 2.04. The fourth-order valence-electron chi connectivity index (χ4n) is 1.38. The van der Waals surface area contributed by atoms with Crippen molar-refractivity contribution in [2.45, 2.75) is 38.0 Å². The van der Waals surface area contributed by atoms with Crippen LogP contribution < -0.4 is 5.32 Å². The first-order chi connectivity index (χ1) is 5.27. The van der Waals surface area contributed by atoms with Crippen molar-refractivity contribution in [3.8, 4) is 0 Å². The van der Waals surface area contributed by atoms with Gasteiger partial charge in [0.25, 0.3) is 0 Å². The summed E-state index contributed by atoms with van der Waals surface area (Å²) in [4.78, 5) is 0. The van der Waals surface area contributed by atoms with Crippen LogP contribution in [-0.4, -0.2) is 27.8 Å². The summed E-state index contributed by atoms with van der Waals surface area (Å²) < 4.78 is 11.5. The maximum absolute atomic E-state index is 11.5. The van der Waals surface area contributed by atoms with E-state index in [0.29, 0.717) is 11.3 Å². The van der Waals surface area contributed by atoms with Gasteiger partial charge in [-0.15, -0.1) is 0 Å². The molecule has 0 aliphatic carbocycles. The van der Waals surface area contributed by atoms with Gasteiger partial charge < -0.3 is 5.32 Å². The van der Waals surface area contributed by atoms with Crippen molar-refractivity contribution in [1.29, 1.82) is 0 Å². The summed E-state index contributed by atoms with van der Waals surface area (Å²) in [5, 5.41) is 3.81. The molecule has 2 nitrogen and oxygen atoms in total. The van der Waals surface area contributed by atoms with Crippen LogP contribution in [-0.2, 0) is 10.8 Å². The van der Waals surface area contributed by atoms with E-state index in [0.717, 1.165) is 25.1 Å². The van der Waals surface area contributed by atoms with Crippen LogP contribution in [0.4, 0.5) is 0 Å². The molecule has 0 bridgehead atoms. The van der Waals surface area contributed by atoms with Crippen LogP contribution in [0.25, 0.3) is 0 Å². The fraction of sp³-hybridized carbons (Fsp3) is 1.00. The van der Waals surface area contributed by atoms with E-state index < -0.39 is 10.8 Å². The van der Waals surface area contributed by atoms with Gasteiger partial charge in [0.2, 0.25) is 0 Å². The third kappa shape index (κ3) is 2.27. The maximum atomic E-state index is 11.5. The Balaban J connectivity index is 2.41. The summed E-state index contributed by atoms with van der Waals surface area (Å²) in [6.07, 6.45) is 2.14. The molecule has 1 rings (SSSR count). The second-order valence-electron chi connectivity index (χ2n) is 3.09. The lowest BCUT2D eigenvalue weighted by Crippen LogP contribution is -2.47. The Kier molecular flexibility index (Phi) is 3.52. The number of hydrogen-bond acceptors (Lipinski definition) is 2. The van der Waals surface area contributed by atoms with Crippen molar-refractivity contribution in [3.63, 3.8) is 0 Å². The molecule has 1 aliphatic heterocycles. The van der Waals surface area contributed by atoms with Crippen molar-refractivity contribution in [2.75, 3.05) is 12.3 Å². The van der Waals surface area contributed by atoms with Crippen LogP contribution >= 0.6 is 0 Å². The van der Waals surface area contributed by atoms with E-state index in [2.05, 4.69) is 19.2 Å². The fourth-order valence-corrected chi connectivity index (χ4v) is 3.05. The van der Waals surface area contributed by atoms with E-state index in [-0.39, 0.29) is 0 Å². The van der Waals surface area contributed by atoms with E-state index in [1.807, 2.05) is 0 Å². The maximum Gasteiger partial charge on any atom is 0.0470 e. The second-order valence-corrected chi connectivity index (χ2v) is 4.85. The molecule has 0 aromatic carbocycles. The predicted molar refractivity (Wildman–Crippen MR) is 49.2 cm³/mol. The van der Waals surface area contributed by atoms with E-state index >= 15 is 0 Å². The second kappa shape index (κ2) is 4.21. The molecule has 11 heavy (non-hydrogen) atoms. The smallest absolute Gasteiger partial charge is 0.0470 e. The quantitative estimate of drug-likeness (QED) is 0.675. The Hall–Kier alpha value is 0.110. The van der Waals surface area contributed by atoms with E-state index in [1.165, 1.54) is 0 Å². The molecule has 3 unspecified atom stereocenters. The van der Waals surface area contributed by atoms with Gasteiger partial charge in [0.05, 0.1) is 0 Å². The molecule has 1 N–H and O–H groups in total. The lowest BCUT2D eigenvalue weighted by molar-refractivity contribution is 0.498. The minimum atomic E-state index is -0.570. The Morgan fingerprint density at radius 3 is 2.64 bits per heavy atom. The van der Waals surface area contributed by atoms with Crippen LogP contribution in [0, 0.1) is 0 Å². The molecule has 1 heterocycles. The molecule has 3 heteroatoms. The third-order valence-electron chi connectivity index (χ3n) is 2.32. The van der Waals surface area contributed by atoms with Crippen LogP contribution in [0.5, 0.6) is 0 Å². The molecule has 66 valence electrons. The Morgan fingerprint density at radius 2 is 2.18 bits per heavy atom. The molecule has 1 fully saturated rings. The van der Waals surface area contributed by atoms with Crippen molar-refractivity contribution in [1.82, 2.24) is 5.32 Å². The minimum Gasteiger partial charge on any atom is -0.312 e. The SMILES string of the molecule is CCC1CS(=O)C(CC)CN1. The number of hydrogen-bond donors (Lipinski definition) is 1. The van der Waals surface area contributed by atoms with Gasteiger partial charge >= 0.3 is 0 Å². The summed E-state index contributed by atoms with van der Waals surface area (Å²) in [5.74, 6) is 0.856. The molecule has 1 aliphatic rings. The highest BCUT2D eigenvalue weighted by atomic mass is 32.2. The molecule has 0 aromatic rings. The van der Waals surface area contributed by atoms with E-state index in [4.69, 9.17) is 0 Å². The topological polar surface area (TPSA) is 29.1 Å². The summed E-state index contributed by atoms with van der Waals surface area (Å²) in [6, 6.07) is 0.499. The van der Waals surface area contributed by atoms with Gasteiger partial charge in [0.1, 0.15) is 0 Å². The Labute approximate surface area is 71.2 Å². The highest BCUT2D eigenvalue weighted by Gasteiger charge is 2.23. The summed E-state index contributed by atoms with van der Waals surface area (Å²) in [7, 11) is -0.570. The molecule has 0 amide bonds. The predicted octanol–water partition coefficient (Wildman–Crippen LogP) is 0.895. The van der Waals surface area contributed by atoms with Gasteiger partial charge in [-0.3, -0.25) is 4.21 Å². The van der Waals surface area contributed by atoms with Gasteiger partial charge in [0.15, 0.2) is 0 Å². The molecule has 0 spiro atoms. The molecular formula is C8H17NOS. The van der Waals surface area contributed by atoms with Crippen LogP contribution in [0.2, 0.25) is 0 Å². The Bertz CT molecular complexity index is 149. The minimum absolute atomic E-state index is 0.401. The molecule has 0 radical (unpaired) electrons. The first kappa shape index (κ1) is 9.20.